The molecule has 2 heterocycles. The Kier molecular flexibility index (Phi) is 4.32. The molecule has 0 spiro atoms. The van der Waals surface area contributed by atoms with Crippen LogP contribution >= 0.6 is 31.9 Å². The first-order valence-electron chi connectivity index (χ1n) is 11.6. The Morgan fingerprint density at radius 2 is 0.917 bits per heavy atom. The van der Waals surface area contributed by atoms with Crippen LogP contribution in [-0.2, 0) is 0 Å². The van der Waals surface area contributed by atoms with E-state index in [1.165, 1.54) is 9.80 Å². The minimum absolute atomic E-state index is 0.280. The number of benzene rings is 5. The largest absolute Gasteiger partial charge is 0.275 e. The van der Waals surface area contributed by atoms with Gasteiger partial charge in [0.25, 0.3) is 23.6 Å². The lowest BCUT2D eigenvalue weighted by atomic mass is 9.82. The van der Waals surface area contributed by atoms with Gasteiger partial charge in [0.1, 0.15) is 0 Å². The topological polar surface area (TPSA) is 74.8 Å². The molecule has 2 aliphatic rings. The van der Waals surface area contributed by atoms with E-state index in [0.29, 0.717) is 48.5 Å². The highest BCUT2D eigenvalue weighted by Crippen LogP contribution is 2.50. The van der Waals surface area contributed by atoms with Crippen LogP contribution in [-0.4, -0.2) is 46.5 Å². The number of fused-ring (bicyclic) bond motifs is 2. The van der Waals surface area contributed by atoms with Crippen molar-refractivity contribution in [2.75, 3.05) is 13.1 Å². The third-order valence-electron chi connectivity index (χ3n) is 7.54. The number of nitrogens with zero attached hydrogens (tertiary/aromatic N) is 2. The van der Waals surface area contributed by atoms with Gasteiger partial charge in [0.05, 0.1) is 0 Å². The summed E-state index contributed by atoms with van der Waals surface area (Å²) in [7, 11) is 0. The molecule has 0 unspecified atom stereocenters. The Bertz CT molecular complexity index is 1800. The molecular weight excluding hydrogens is 588 g/mol. The molecule has 8 heteroatoms. The second kappa shape index (κ2) is 7.11. The Morgan fingerprint density at radius 3 is 1.33 bits per heavy atom. The summed E-state index contributed by atoms with van der Waals surface area (Å²) in [6.45, 7) is 4.15. The molecule has 0 fully saturated rings. The van der Waals surface area contributed by atoms with Crippen molar-refractivity contribution in [1.29, 1.82) is 0 Å². The van der Waals surface area contributed by atoms with Crippen LogP contribution in [0.4, 0.5) is 0 Å². The van der Waals surface area contributed by atoms with Crippen molar-refractivity contribution in [3.8, 4) is 0 Å². The molecule has 176 valence electrons. The first kappa shape index (κ1) is 21.9. The minimum Gasteiger partial charge on any atom is -0.275 e. The second-order valence-corrected chi connectivity index (χ2v) is 10.8. The van der Waals surface area contributed by atoms with Crippen LogP contribution in [0.3, 0.4) is 0 Å². The molecule has 36 heavy (non-hydrogen) atoms. The number of hydrogen-bond acceptors (Lipinski definition) is 4. The van der Waals surface area contributed by atoms with Crippen LogP contribution < -0.4 is 0 Å². The number of amides is 4. The summed E-state index contributed by atoms with van der Waals surface area (Å²) in [6.07, 6.45) is 0. The van der Waals surface area contributed by atoms with Gasteiger partial charge >= 0.3 is 0 Å². The van der Waals surface area contributed by atoms with Crippen LogP contribution in [0, 0.1) is 0 Å². The molecule has 0 aliphatic carbocycles. The normalized spacial score (nSPS) is 15.6. The maximum Gasteiger partial charge on any atom is 0.261 e. The summed E-state index contributed by atoms with van der Waals surface area (Å²) in [5, 5.41) is 6.29. The van der Waals surface area contributed by atoms with Gasteiger partial charge in [0.15, 0.2) is 0 Å². The van der Waals surface area contributed by atoms with Gasteiger partial charge in [-0.25, -0.2) is 0 Å². The van der Waals surface area contributed by atoms with Gasteiger partial charge in [-0.05, 0) is 54.3 Å². The van der Waals surface area contributed by atoms with Crippen molar-refractivity contribution in [3.63, 3.8) is 0 Å². The summed E-state index contributed by atoms with van der Waals surface area (Å²) >= 11 is 7.42. The number of carbonyl (C=O) groups excluding carboxylic acids is 4. The summed E-state index contributed by atoms with van der Waals surface area (Å²) in [5.74, 6) is -1.24. The molecule has 5 aromatic carbocycles. The van der Waals surface area contributed by atoms with E-state index in [-0.39, 0.29) is 30.2 Å². The fourth-order valence-electron chi connectivity index (χ4n) is 6.04. The number of rotatable bonds is 2. The molecule has 0 aromatic heterocycles. The van der Waals surface area contributed by atoms with Gasteiger partial charge in [0.2, 0.25) is 0 Å². The van der Waals surface area contributed by atoms with Crippen LogP contribution in [0.1, 0.15) is 55.3 Å². The molecule has 5 aromatic rings. The predicted octanol–water partition coefficient (Wildman–Crippen LogP) is 6.49. The summed E-state index contributed by atoms with van der Waals surface area (Å²) < 4.78 is 1.42. The van der Waals surface area contributed by atoms with Crippen molar-refractivity contribution in [3.05, 3.63) is 67.6 Å². The molecule has 0 bridgehead atoms. The SMILES string of the molecule is CCN1C(=O)c2ccc3c4c(Br)cc5c6c(cc(Br)c(c7ccc(c2c37)C1=O)c64)C(=O)N(CC)C5=O. The van der Waals surface area contributed by atoms with Crippen molar-refractivity contribution in [1.82, 2.24) is 9.80 Å². The lowest BCUT2D eigenvalue weighted by Gasteiger charge is -2.30. The standard InChI is InChI=1S/C28H16Br2N2O4/c1-3-31-25(33)13-7-5-11-19-12(6-8-14(20(13)19)26(31)34)23-18(30)10-16-21-15(9-17(29)22(11)24(21)23)27(35)32(4-2)28(16)36/h5-10H,3-4H2,1-2H3. The smallest absolute Gasteiger partial charge is 0.261 e. The minimum atomic E-state index is -0.317. The van der Waals surface area contributed by atoms with Gasteiger partial charge < -0.3 is 0 Å². The third kappa shape index (κ3) is 2.37. The summed E-state index contributed by atoms with van der Waals surface area (Å²) in [5.41, 5.74) is 1.95. The van der Waals surface area contributed by atoms with E-state index in [4.69, 9.17) is 0 Å². The molecule has 2 aliphatic heterocycles. The van der Waals surface area contributed by atoms with E-state index in [9.17, 15) is 19.2 Å². The zero-order valence-electron chi connectivity index (χ0n) is 19.2. The molecule has 7 rings (SSSR count). The fourth-order valence-corrected chi connectivity index (χ4v) is 7.32. The van der Waals surface area contributed by atoms with Crippen LogP contribution in [0.2, 0.25) is 0 Å². The maximum absolute atomic E-state index is 13.3. The lowest BCUT2D eigenvalue weighted by Crippen LogP contribution is -2.40. The maximum atomic E-state index is 13.3. The molecule has 0 saturated heterocycles. The zero-order valence-corrected chi connectivity index (χ0v) is 22.3. The quantitative estimate of drug-likeness (QED) is 0.131. The van der Waals surface area contributed by atoms with Crippen molar-refractivity contribution in [2.24, 2.45) is 0 Å². The third-order valence-corrected chi connectivity index (χ3v) is 8.79. The van der Waals surface area contributed by atoms with E-state index >= 15 is 0 Å². The van der Waals surface area contributed by atoms with Gasteiger partial charge in [0, 0.05) is 71.2 Å². The molecule has 0 radical (unpaired) electrons. The number of carbonyl (C=O) groups is 4. The first-order chi connectivity index (χ1) is 17.3. The van der Waals surface area contributed by atoms with Crippen molar-refractivity contribution < 1.29 is 19.2 Å². The molecule has 0 saturated carbocycles. The average Bonchev–Trinajstić information content (AvgIpc) is 2.86. The molecule has 4 amide bonds. The van der Waals surface area contributed by atoms with Gasteiger partial charge in [-0.2, -0.15) is 0 Å². The molecule has 6 nitrogen and oxygen atoms in total. The number of imide groups is 2. The Hall–Kier alpha value is -3.36. The lowest BCUT2D eigenvalue weighted by molar-refractivity contribution is 0.0603. The van der Waals surface area contributed by atoms with E-state index in [0.717, 1.165) is 32.3 Å². The highest BCUT2D eigenvalue weighted by Gasteiger charge is 2.37. The average molecular weight is 604 g/mol. The Labute approximate surface area is 221 Å². The second-order valence-electron chi connectivity index (χ2n) is 9.09. The van der Waals surface area contributed by atoms with Crippen LogP contribution in [0.5, 0.6) is 0 Å². The zero-order chi connectivity index (χ0) is 25.2. The summed E-state index contributed by atoms with van der Waals surface area (Å²) in [4.78, 5) is 55.6. The molecule has 0 N–H and O–H groups in total. The first-order valence-corrected chi connectivity index (χ1v) is 13.2. The fraction of sp³-hybridized carbons (Fsp3) is 0.143. The van der Waals surface area contributed by atoms with Crippen molar-refractivity contribution in [2.45, 2.75) is 13.8 Å². The van der Waals surface area contributed by atoms with Crippen LogP contribution in [0.15, 0.2) is 45.3 Å². The molecular formula is C28H16Br2N2O4. The highest BCUT2D eigenvalue weighted by molar-refractivity contribution is 9.11. The van der Waals surface area contributed by atoms with E-state index in [1.807, 2.05) is 12.1 Å². The van der Waals surface area contributed by atoms with E-state index in [1.54, 1.807) is 38.1 Å². The van der Waals surface area contributed by atoms with Crippen molar-refractivity contribution >= 4 is 98.6 Å². The summed E-state index contributed by atoms with van der Waals surface area (Å²) in [6, 6.07) is 10.9. The van der Waals surface area contributed by atoms with Gasteiger partial charge in [-0.1, -0.05) is 44.0 Å². The monoisotopic (exact) mass is 602 g/mol. The molecule has 0 atom stereocenters. The highest BCUT2D eigenvalue weighted by atomic mass is 79.9. The predicted molar refractivity (Wildman–Crippen MR) is 145 cm³/mol. The van der Waals surface area contributed by atoms with E-state index < -0.39 is 0 Å². The number of hydrogen-bond donors (Lipinski definition) is 0. The van der Waals surface area contributed by atoms with Gasteiger partial charge in [-0.15, -0.1) is 0 Å². The van der Waals surface area contributed by atoms with Crippen LogP contribution in [0.25, 0.3) is 43.1 Å². The number of halogens is 2. The van der Waals surface area contributed by atoms with Gasteiger partial charge in [-0.3, -0.25) is 29.0 Å². The Morgan fingerprint density at radius 1 is 0.528 bits per heavy atom. The Balaban J connectivity index is 1.77. The van der Waals surface area contributed by atoms with E-state index in [2.05, 4.69) is 31.9 Å².